The van der Waals surface area contributed by atoms with Crippen LogP contribution < -0.4 is 0 Å². The van der Waals surface area contributed by atoms with Gasteiger partial charge in [-0.25, -0.2) is 0 Å². The first kappa shape index (κ1) is 10.5. The maximum Gasteiger partial charge on any atom is -0.0354 e. The molecule has 0 heterocycles. The lowest BCUT2D eigenvalue weighted by molar-refractivity contribution is 0.816. The third-order valence-electron chi connectivity index (χ3n) is 0.762. The molecule has 0 aliphatic rings. The molecule has 0 spiro atoms. The molecule has 0 unspecified atom stereocenters. The van der Waals surface area contributed by atoms with E-state index in [0.29, 0.717) is 0 Å². The molecule has 0 atom stereocenters. The van der Waals surface area contributed by atoms with Gasteiger partial charge in [0.1, 0.15) is 0 Å². The van der Waals surface area contributed by atoms with E-state index >= 15 is 0 Å². The van der Waals surface area contributed by atoms with Crippen LogP contribution >= 0.6 is 24.0 Å². The van der Waals surface area contributed by atoms with E-state index in [1.807, 2.05) is 6.08 Å². The summed E-state index contributed by atoms with van der Waals surface area (Å²) in [6, 6.07) is 0. The van der Waals surface area contributed by atoms with Crippen LogP contribution in [0.2, 0.25) is 0 Å². The van der Waals surface area contributed by atoms with E-state index in [4.69, 9.17) is 0 Å². The van der Waals surface area contributed by atoms with Crippen molar-refractivity contribution in [1.29, 1.82) is 0 Å². The highest BCUT2D eigenvalue weighted by Crippen LogP contribution is 1.91. The van der Waals surface area contributed by atoms with Crippen molar-refractivity contribution < 1.29 is 0 Å². The Bertz CT molecular complexity index is 33.2. The summed E-state index contributed by atoms with van der Waals surface area (Å²) in [6.07, 6.45) is 5.72. The molecule has 1 heteroatoms. The first-order valence-corrected chi connectivity index (χ1v) is 2.52. The first-order valence-electron chi connectivity index (χ1n) is 2.52. The molecule has 0 aromatic heterocycles. The minimum Gasteiger partial charge on any atom is -0.107 e. The van der Waals surface area contributed by atoms with Crippen LogP contribution in [0.1, 0.15) is 26.2 Å². The van der Waals surface area contributed by atoms with Crippen LogP contribution in [0.25, 0.3) is 0 Å². The van der Waals surface area contributed by atoms with Gasteiger partial charge in [0.15, 0.2) is 0 Å². The number of allylic oxidation sites excluding steroid dienone is 1. The number of unbranched alkanes of at least 4 members (excludes halogenated alkanes) is 2. The van der Waals surface area contributed by atoms with Crippen molar-refractivity contribution in [1.82, 2.24) is 0 Å². The predicted octanol–water partition coefficient (Wildman–Crippen LogP) is 2.98. The molecule has 0 rings (SSSR count). The Morgan fingerprint density at radius 2 is 2.14 bits per heavy atom. The fourth-order valence-electron chi connectivity index (χ4n) is 0.348. The Morgan fingerprint density at radius 1 is 1.57 bits per heavy atom. The van der Waals surface area contributed by atoms with Crippen LogP contribution in [0.3, 0.4) is 0 Å². The average molecular weight is 212 g/mol. The third kappa shape index (κ3) is 10.7. The summed E-state index contributed by atoms with van der Waals surface area (Å²) < 4.78 is 0. The second kappa shape index (κ2) is 9.69. The highest BCUT2D eigenvalue weighted by molar-refractivity contribution is 14.0. The molecular formula is C6H13I. The molecular weight excluding hydrogens is 199 g/mol. The minimum absolute atomic E-state index is 0. The normalized spacial score (nSPS) is 7.00. The molecule has 44 valence electrons. The largest absolute Gasteiger partial charge is 0.107 e. The molecule has 0 aromatic rings. The van der Waals surface area contributed by atoms with Crippen LogP contribution in [0.4, 0.5) is 0 Å². The van der Waals surface area contributed by atoms with E-state index < -0.39 is 0 Å². The smallest absolute Gasteiger partial charge is 0.0354 e. The Balaban J connectivity index is 0. The van der Waals surface area contributed by atoms with Crippen molar-refractivity contribution in [3.63, 3.8) is 0 Å². The second-order valence-corrected chi connectivity index (χ2v) is 1.43. The van der Waals surface area contributed by atoms with Gasteiger partial charge in [-0.1, -0.05) is 25.8 Å². The van der Waals surface area contributed by atoms with Gasteiger partial charge >= 0.3 is 0 Å². The zero-order valence-corrected chi connectivity index (χ0v) is 7.14. The fourth-order valence-corrected chi connectivity index (χ4v) is 0.348. The van der Waals surface area contributed by atoms with E-state index in [2.05, 4.69) is 13.5 Å². The van der Waals surface area contributed by atoms with Crippen LogP contribution in [0, 0.1) is 0 Å². The summed E-state index contributed by atoms with van der Waals surface area (Å²) in [5.41, 5.74) is 0. The number of halogens is 1. The SMILES string of the molecule is C=CCCCC.I. The topological polar surface area (TPSA) is 0 Å². The standard InChI is InChI=1S/C6H12.HI/c1-3-5-6-4-2;/h3H,1,4-6H2,2H3;1H. The van der Waals surface area contributed by atoms with E-state index in [9.17, 15) is 0 Å². The summed E-state index contributed by atoms with van der Waals surface area (Å²) in [5.74, 6) is 0. The maximum absolute atomic E-state index is 3.60. The summed E-state index contributed by atoms with van der Waals surface area (Å²) >= 11 is 0. The summed E-state index contributed by atoms with van der Waals surface area (Å²) in [5, 5.41) is 0. The molecule has 0 nitrogen and oxygen atoms in total. The maximum atomic E-state index is 3.60. The van der Waals surface area contributed by atoms with Gasteiger partial charge in [-0.3, -0.25) is 0 Å². The Hall–Kier alpha value is 0.470. The highest BCUT2D eigenvalue weighted by Gasteiger charge is 1.71. The van der Waals surface area contributed by atoms with Crippen molar-refractivity contribution in [3.8, 4) is 0 Å². The van der Waals surface area contributed by atoms with E-state index in [0.717, 1.165) is 0 Å². The van der Waals surface area contributed by atoms with Crippen molar-refractivity contribution in [3.05, 3.63) is 12.7 Å². The van der Waals surface area contributed by atoms with Gasteiger partial charge in [0, 0.05) is 0 Å². The summed E-state index contributed by atoms with van der Waals surface area (Å²) in [7, 11) is 0. The van der Waals surface area contributed by atoms with E-state index in [1.165, 1.54) is 19.3 Å². The molecule has 0 N–H and O–H groups in total. The monoisotopic (exact) mass is 212 g/mol. The number of rotatable bonds is 3. The Kier molecular flexibility index (Phi) is 14.5. The zero-order chi connectivity index (χ0) is 4.83. The van der Waals surface area contributed by atoms with Gasteiger partial charge in [0.2, 0.25) is 0 Å². The molecule has 0 saturated heterocycles. The van der Waals surface area contributed by atoms with Gasteiger partial charge < -0.3 is 0 Å². The molecule has 0 fully saturated rings. The molecule has 0 amide bonds. The summed E-state index contributed by atoms with van der Waals surface area (Å²) in [6.45, 7) is 5.78. The van der Waals surface area contributed by atoms with Crippen LogP contribution in [0.15, 0.2) is 12.7 Å². The fraction of sp³-hybridized carbons (Fsp3) is 0.667. The molecule has 0 saturated carbocycles. The Labute approximate surface area is 63.0 Å². The highest BCUT2D eigenvalue weighted by atomic mass is 127. The number of hydrogen-bond donors (Lipinski definition) is 0. The molecule has 0 bridgehead atoms. The Morgan fingerprint density at radius 3 is 2.29 bits per heavy atom. The lowest BCUT2D eigenvalue weighted by atomic mass is 10.3. The molecule has 7 heavy (non-hydrogen) atoms. The molecule has 0 aromatic carbocycles. The van der Waals surface area contributed by atoms with Crippen molar-refractivity contribution in [2.24, 2.45) is 0 Å². The quantitative estimate of drug-likeness (QED) is 0.383. The minimum atomic E-state index is 0. The predicted molar refractivity (Wildman–Crippen MR) is 45.1 cm³/mol. The molecule has 0 aliphatic carbocycles. The van der Waals surface area contributed by atoms with Gasteiger partial charge in [-0.2, -0.15) is 0 Å². The lowest BCUT2D eigenvalue weighted by Crippen LogP contribution is -1.61. The van der Waals surface area contributed by atoms with Gasteiger partial charge in [-0.15, -0.1) is 30.6 Å². The van der Waals surface area contributed by atoms with Crippen LogP contribution in [-0.4, -0.2) is 0 Å². The van der Waals surface area contributed by atoms with Crippen molar-refractivity contribution in [2.45, 2.75) is 26.2 Å². The molecule has 0 aliphatic heterocycles. The lowest BCUT2D eigenvalue weighted by Gasteiger charge is -1.81. The van der Waals surface area contributed by atoms with Crippen LogP contribution in [-0.2, 0) is 0 Å². The zero-order valence-electron chi connectivity index (χ0n) is 4.81. The van der Waals surface area contributed by atoms with Gasteiger partial charge in [-0.05, 0) is 6.42 Å². The third-order valence-corrected chi connectivity index (χ3v) is 0.762. The van der Waals surface area contributed by atoms with Crippen molar-refractivity contribution >= 4 is 24.0 Å². The van der Waals surface area contributed by atoms with Gasteiger partial charge in [0.05, 0.1) is 0 Å². The van der Waals surface area contributed by atoms with E-state index in [1.54, 1.807) is 0 Å². The van der Waals surface area contributed by atoms with Crippen molar-refractivity contribution in [2.75, 3.05) is 0 Å². The average Bonchev–Trinajstić information content (AvgIpc) is 1.61. The second-order valence-electron chi connectivity index (χ2n) is 1.43. The summed E-state index contributed by atoms with van der Waals surface area (Å²) in [4.78, 5) is 0. The first-order chi connectivity index (χ1) is 2.91. The van der Waals surface area contributed by atoms with Gasteiger partial charge in [0.25, 0.3) is 0 Å². The van der Waals surface area contributed by atoms with Crippen LogP contribution in [0.5, 0.6) is 0 Å². The number of hydrogen-bond acceptors (Lipinski definition) is 0. The van der Waals surface area contributed by atoms with E-state index in [-0.39, 0.29) is 24.0 Å². The molecule has 0 radical (unpaired) electrons.